The maximum atomic E-state index is 6.39. The molecule has 20 heavy (non-hydrogen) atoms. The molecule has 3 heteroatoms. The largest absolute Gasteiger partial charge is 0.381 e. The first-order chi connectivity index (χ1) is 9.74. The zero-order valence-corrected chi connectivity index (χ0v) is 12.9. The first-order valence-corrected chi connectivity index (χ1v) is 7.63. The Morgan fingerprint density at radius 3 is 2.70 bits per heavy atom. The molecule has 0 amide bonds. The molecule has 1 fully saturated rings. The number of rotatable bonds is 6. The average Bonchev–Trinajstić information content (AvgIpc) is 2.47. The lowest BCUT2D eigenvalue weighted by atomic mass is 9.94. The minimum atomic E-state index is 0.127. The second-order valence-corrected chi connectivity index (χ2v) is 5.69. The molecule has 0 bridgehead atoms. The Labute approximate surface area is 122 Å². The van der Waals surface area contributed by atoms with E-state index in [0.717, 1.165) is 25.8 Å². The number of ether oxygens (including phenoxy) is 2. The van der Waals surface area contributed by atoms with E-state index in [-0.39, 0.29) is 6.10 Å². The van der Waals surface area contributed by atoms with Crippen LogP contribution in [0.1, 0.15) is 42.9 Å². The van der Waals surface area contributed by atoms with Gasteiger partial charge in [-0.3, -0.25) is 0 Å². The SMILES string of the molecule is CNCC(OC1CCCC(OC)C1)c1ccccc1C. The molecular weight excluding hydrogens is 250 g/mol. The number of aryl methyl sites for hydroxylation is 1. The molecule has 0 aliphatic heterocycles. The van der Waals surface area contributed by atoms with Crippen molar-refractivity contribution < 1.29 is 9.47 Å². The van der Waals surface area contributed by atoms with Crippen LogP contribution in [-0.4, -0.2) is 32.9 Å². The minimum absolute atomic E-state index is 0.127. The molecule has 1 aromatic carbocycles. The van der Waals surface area contributed by atoms with Gasteiger partial charge < -0.3 is 14.8 Å². The highest BCUT2D eigenvalue weighted by molar-refractivity contribution is 5.28. The van der Waals surface area contributed by atoms with Gasteiger partial charge in [0.15, 0.2) is 0 Å². The van der Waals surface area contributed by atoms with Crippen molar-refractivity contribution >= 4 is 0 Å². The van der Waals surface area contributed by atoms with Gasteiger partial charge in [0.1, 0.15) is 0 Å². The standard InChI is InChI=1S/C17H27NO2/c1-13-7-4-5-10-16(13)17(12-18-2)20-15-9-6-8-14(11-15)19-3/h4-5,7,10,14-15,17-18H,6,8-9,11-12H2,1-3H3. The van der Waals surface area contributed by atoms with Gasteiger partial charge in [-0.1, -0.05) is 24.3 Å². The second kappa shape index (κ2) is 7.77. The molecule has 0 saturated heterocycles. The van der Waals surface area contributed by atoms with E-state index in [1.165, 1.54) is 17.5 Å². The van der Waals surface area contributed by atoms with E-state index in [2.05, 4.69) is 36.5 Å². The summed E-state index contributed by atoms with van der Waals surface area (Å²) in [6.07, 6.45) is 5.32. The maximum absolute atomic E-state index is 6.39. The fourth-order valence-electron chi connectivity index (χ4n) is 3.04. The van der Waals surface area contributed by atoms with E-state index >= 15 is 0 Å². The van der Waals surface area contributed by atoms with Crippen LogP contribution in [0.5, 0.6) is 0 Å². The average molecular weight is 277 g/mol. The summed E-state index contributed by atoms with van der Waals surface area (Å²) < 4.78 is 11.9. The normalized spacial score (nSPS) is 24.6. The van der Waals surface area contributed by atoms with Gasteiger partial charge in [0.2, 0.25) is 0 Å². The summed E-state index contributed by atoms with van der Waals surface area (Å²) in [5.74, 6) is 0. The highest BCUT2D eigenvalue weighted by atomic mass is 16.5. The predicted molar refractivity (Wildman–Crippen MR) is 82.0 cm³/mol. The van der Waals surface area contributed by atoms with Crippen molar-refractivity contribution in [3.63, 3.8) is 0 Å². The number of methoxy groups -OCH3 is 1. The van der Waals surface area contributed by atoms with Gasteiger partial charge in [-0.15, -0.1) is 0 Å². The maximum Gasteiger partial charge on any atom is 0.0955 e. The number of nitrogens with one attached hydrogen (secondary N) is 1. The Bertz CT molecular complexity index is 408. The van der Waals surface area contributed by atoms with E-state index < -0.39 is 0 Å². The van der Waals surface area contributed by atoms with Crippen molar-refractivity contribution in [1.82, 2.24) is 5.32 Å². The lowest BCUT2D eigenvalue weighted by Crippen LogP contribution is -2.31. The van der Waals surface area contributed by atoms with Gasteiger partial charge in [-0.05, 0) is 50.8 Å². The first-order valence-electron chi connectivity index (χ1n) is 7.63. The van der Waals surface area contributed by atoms with Crippen molar-refractivity contribution in [3.05, 3.63) is 35.4 Å². The van der Waals surface area contributed by atoms with Crippen molar-refractivity contribution in [2.45, 2.75) is 50.9 Å². The lowest BCUT2D eigenvalue weighted by molar-refractivity contribution is -0.0653. The Morgan fingerprint density at radius 2 is 2.00 bits per heavy atom. The molecule has 0 aromatic heterocycles. The second-order valence-electron chi connectivity index (χ2n) is 5.69. The molecule has 0 radical (unpaired) electrons. The molecule has 1 saturated carbocycles. The summed E-state index contributed by atoms with van der Waals surface area (Å²) in [6.45, 7) is 3.00. The summed E-state index contributed by atoms with van der Waals surface area (Å²) in [4.78, 5) is 0. The zero-order chi connectivity index (χ0) is 14.4. The van der Waals surface area contributed by atoms with Crippen molar-refractivity contribution in [2.75, 3.05) is 20.7 Å². The van der Waals surface area contributed by atoms with Gasteiger partial charge in [-0.25, -0.2) is 0 Å². The number of likely N-dealkylation sites (N-methyl/N-ethyl adjacent to an activating group) is 1. The smallest absolute Gasteiger partial charge is 0.0955 e. The van der Waals surface area contributed by atoms with E-state index in [9.17, 15) is 0 Å². The summed E-state index contributed by atoms with van der Waals surface area (Å²) in [5.41, 5.74) is 2.59. The van der Waals surface area contributed by atoms with Crippen molar-refractivity contribution in [3.8, 4) is 0 Å². The third-order valence-corrected chi connectivity index (χ3v) is 4.19. The molecule has 1 aliphatic rings. The van der Waals surface area contributed by atoms with Gasteiger partial charge in [0.05, 0.1) is 18.3 Å². The minimum Gasteiger partial charge on any atom is -0.381 e. The van der Waals surface area contributed by atoms with Crippen molar-refractivity contribution in [2.24, 2.45) is 0 Å². The predicted octanol–water partition coefficient (Wildman–Crippen LogP) is 3.23. The number of hydrogen-bond acceptors (Lipinski definition) is 3. The highest BCUT2D eigenvalue weighted by Crippen LogP contribution is 2.29. The molecular formula is C17H27NO2. The monoisotopic (exact) mass is 277 g/mol. The van der Waals surface area contributed by atoms with Gasteiger partial charge in [0.25, 0.3) is 0 Å². The molecule has 1 aromatic rings. The quantitative estimate of drug-likeness (QED) is 0.866. The van der Waals surface area contributed by atoms with E-state index in [1.807, 2.05) is 7.05 Å². The van der Waals surface area contributed by atoms with E-state index in [1.54, 1.807) is 7.11 Å². The van der Waals surface area contributed by atoms with Crippen LogP contribution in [0.2, 0.25) is 0 Å². The molecule has 1 aliphatic carbocycles. The third kappa shape index (κ3) is 4.05. The molecule has 2 rings (SSSR count). The summed E-state index contributed by atoms with van der Waals surface area (Å²) in [7, 11) is 3.78. The topological polar surface area (TPSA) is 30.5 Å². The summed E-state index contributed by atoms with van der Waals surface area (Å²) >= 11 is 0. The number of hydrogen-bond donors (Lipinski definition) is 1. The van der Waals surface area contributed by atoms with Crippen molar-refractivity contribution in [1.29, 1.82) is 0 Å². The Morgan fingerprint density at radius 1 is 1.25 bits per heavy atom. The Balaban J connectivity index is 2.04. The molecule has 112 valence electrons. The zero-order valence-electron chi connectivity index (χ0n) is 12.9. The van der Waals surface area contributed by atoms with Gasteiger partial charge in [0, 0.05) is 13.7 Å². The van der Waals surface area contributed by atoms with Crippen LogP contribution >= 0.6 is 0 Å². The Kier molecular flexibility index (Phi) is 6.02. The Hall–Kier alpha value is -0.900. The molecule has 3 atom stereocenters. The van der Waals surface area contributed by atoms with E-state index in [4.69, 9.17) is 9.47 Å². The summed E-state index contributed by atoms with van der Waals surface area (Å²) in [6, 6.07) is 8.50. The first kappa shape index (κ1) is 15.5. The van der Waals surface area contributed by atoms with Gasteiger partial charge >= 0.3 is 0 Å². The van der Waals surface area contributed by atoms with E-state index in [0.29, 0.717) is 12.2 Å². The van der Waals surface area contributed by atoms with Crippen LogP contribution in [0, 0.1) is 6.92 Å². The number of benzene rings is 1. The van der Waals surface area contributed by atoms with Crippen LogP contribution in [0.25, 0.3) is 0 Å². The van der Waals surface area contributed by atoms with Crippen LogP contribution in [0.15, 0.2) is 24.3 Å². The van der Waals surface area contributed by atoms with Crippen LogP contribution in [-0.2, 0) is 9.47 Å². The molecule has 0 heterocycles. The third-order valence-electron chi connectivity index (χ3n) is 4.19. The van der Waals surface area contributed by atoms with Gasteiger partial charge in [-0.2, -0.15) is 0 Å². The van der Waals surface area contributed by atoms with Crippen LogP contribution in [0.4, 0.5) is 0 Å². The fourth-order valence-corrected chi connectivity index (χ4v) is 3.04. The lowest BCUT2D eigenvalue weighted by Gasteiger charge is -2.32. The fraction of sp³-hybridized carbons (Fsp3) is 0.647. The summed E-state index contributed by atoms with van der Waals surface area (Å²) in [5, 5.41) is 3.25. The highest BCUT2D eigenvalue weighted by Gasteiger charge is 2.25. The van der Waals surface area contributed by atoms with Crippen LogP contribution in [0.3, 0.4) is 0 Å². The molecule has 0 spiro atoms. The molecule has 3 unspecified atom stereocenters. The molecule has 1 N–H and O–H groups in total. The molecule has 3 nitrogen and oxygen atoms in total. The van der Waals surface area contributed by atoms with Crippen LogP contribution < -0.4 is 5.32 Å².